The van der Waals surface area contributed by atoms with Gasteiger partial charge in [0.1, 0.15) is 0 Å². The first-order chi connectivity index (χ1) is 9.51. The van der Waals surface area contributed by atoms with Crippen molar-refractivity contribution < 1.29 is 9.13 Å². The number of nitrogens with one attached hydrogen (secondary N) is 1. The number of benzene rings is 1. The first-order valence-electron chi connectivity index (χ1n) is 6.64. The number of methoxy groups -OCH3 is 1. The Balaban J connectivity index is 2.02. The molecule has 4 heteroatoms. The van der Waals surface area contributed by atoms with E-state index in [1.165, 1.54) is 28.5 Å². The fourth-order valence-electron chi connectivity index (χ4n) is 2.05. The minimum atomic E-state index is -0.326. The highest BCUT2D eigenvalue weighted by atomic mass is 32.1. The minimum absolute atomic E-state index is 0.146. The molecule has 0 fully saturated rings. The van der Waals surface area contributed by atoms with E-state index in [1.54, 1.807) is 12.1 Å². The average molecular weight is 293 g/mol. The van der Waals surface area contributed by atoms with E-state index in [1.807, 2.05) is 11.3 Å². The Labute approximate surface area is 123 Å². The molecule has 1 unspecified atom stereocenters. The van der Waals surface area contributed by atoms with Gasteiger partial charge in [0.2, 0.25) is 0 Å². The number of thiophene rings is 1. The fourth-order valence-corrected chi connectivity index (χ4v) is 3.06. The lowest BCUT2D eigenvalue weighted by Crippen LogP contribution is -2.17. The highest BCUT2D eigenvalue weighted by Gasteiger charge is 2.10. The number of ether oxygens (including phenoxy) is 1. The summed E-state index contributed by atoms with van der Waals surface area (Å²) in [6, 6.07) is 7.35. The maximum atomic E-state index is 13.4. The van der Waals surface area contributed by atoms with Crippen molar-refractivity contribution in [1.82, 2.24) is 5.32 Å². The molecule has 0 aliphatic carbocycles. The summed E-state index contributed by atoms with van der Waals surface area (Å²) in [7, 11) is 1.48. The van der Waals surface area contributed by atoms with E-state index in [4.69, 9.17) is 4.74 Å². The first-order valence-corrected chi connectivity index (χ1v) is 7.45. The van der Waals surface area contributed by atoms with Crippen LogP contribution >= 0.6 is 11.3 Å². The van der Waals surface area contributed by atoms with Crippen LogP contribution in [-0.2, 0) is 6.54 Å². The highest BCUT2D eigenvalue weighted by Crippen LogP contribution is 2.24. The lowest BCUT2D eigenvalue weighted by Gasteiger charge is -2.15. The molecule has 0 spiro atoms. The SMILES string of the molecule is COc1cc(C(C)NCc2cc(C)c(C)s2)ccc1F. The molecule has 0 aliphatic heterocycles. The molecule has 20 heavy (non-hydrogen) atoms. The zero-order chi connectivity index (χ0) is 14.7. The largest absolute Gasteiger partial charge is 0.494 e. The van der Waals surface area contributed by atoms with Crippen LogP contribution in [0.5, 0.6) is 5.75 Å². The lowest BCUT2D eigenvalue weighted by atomic mass is 10.1. The zero-order valence-corrected chi connectivity index (χ0v) is 13.1. The van der Waals surface area contributed by atoms with E-state index in [9.17, 15) is 4.39 Å². The van der Waals surface area contributed by atoms with Crippen LogP contribution in [0.3, 0.4) is 0 Å². The van der Waals surface area contributed by atoms with Crippen molar-refractivity contribution in [1.29, 1.82) is 0 Å². The molecule has 2 rings (SSSR count). The summed E-state index contributed by atoms with van der Waals surface area (Å²) in [5, 5.41) is 3.46. The van der Waals surface area contributed by atoms with Crippen LogP contribution < -0.4 is 10.1 Å². The van der Waals surface area contributed by atoms with Gasteiger partial charge in [-0.1, -0.05) is 6.07 Å². The van der Waals surface area contributed by atoms with Gasteiger partial charge in [0.25, 0.3) is 0 Å². The van der Waals surface area contributed by atoms with E-state index in [0.717, 1.165) is 12.1 Å². The van der Waals surface area contributed by atoms with Gasteiger partial charge < -0.3 is 10.1 Å². The van der Waals surface area contributed by atoms with E-state index < -0.39 is 0 Å². The normalized spacial score (nSPS) is 12.4. The smallest absolute Gasteiger partial charge is 0.165 e. The van der Waals surface area contributed by atoms with Crippen LogP contribution in [0.25, 0.3) is 0 Å². The third kappa shape index (κ3) is 3.38. The molecule has 1 aromatic heterocycles. The third-order valence-corrected chi connectivity index (χ3v) is 4.63. The maximum Gasteiger partial charge on any atom is 0.165 e. The molecule has 2 aromatic rings. The number of halogens is 1. The number of hydrogen-bond acceptors (Lipinski definition) is 3. The maximum absolute atomic E-state index is 13.4. The average Bonchev–Trinajstić information content (AvgIpc) is 2.75. The Bertz CT molecular complexity index is 575. The number of rotatable bonds is 5. The molecular weight excluding hydrogens is 273 g/mol. The molecule has 0 saturated carbocycles. The molecule has 1 aromatic carbocycles. The predicted molar refractivity (Wildman–Crippen MR) is 82.0 cm³/mol. The first kappa shape index (κ1) is 15.0. The second-order valence-electron chi connectivity index (χ2n) is 4.95. The second-order valence-corrected chi connectivity index (χ2v) is 6.29. The molecule has 0 saturated heterocycles. The van der Waals surface area contributed by atoms with Crippen molar-refractivity contribution in [2.75, 3.05) is 7.11 Å². The summed E-state index contributed by atoms with van der Waals surface area (Å²) in [5.41, 5.74) is 2.36. The Morgan fingerprint density at radius 3 is 2.65 bits per heavy atom. The lowest BCUT2D eigenvalue weighted by molar-refractivity contribution is 0.385. The van der Waals surface area contributed by atoms with E-state index in [-0.39, 0.29) is 11.9 Å². The molecule has 108 valence electrons. The standard InChI is InChI=1S/C16H20FNOS/c1-10-7-14(20-12(10)3)9-18-11(2)13-5-6-15(17)16(8-13)19-4/h5-8,11,18H,9H2,1-4H3. The van der Waals surface area contributed by atoms with Gasteiger partial charge in [-0.05, 0) is 50.1 Å². The monoisotopic (exact) mass is 293 g/mol. The molecule has 1 atom stereocenters. The van der Waals surface area contributed by atoms with E-state index in [0.29, 0.717) is 5.75 Å². The number of hydrogen-bond donors (Lipinski definition) is 1. The summed E-state index contributed by atoms with van der Waals surface area (Å²) in [6.07, 6.45) is 0. The molecule has 0 bridgehead atoms. The summed E-state index contributed by atoms with van der Waals surface area (Å²) in [5.74, 6) is -0.0353. The minimum Gasteiger partial charge on any atom is -0.494 e. The van der Waals surface area contributed by atoms with Crippen LogP contribution in [-0.4, -0.2) is 7.11 Å². The number of aryl methyl sites for hydroxylation is 2. The van der Waals surface area contributed by atoms with Gasteiger partial charge >= 0.3 is 0 Å². The zero-order valence-electron chi connectivity index (χ0n) is 12.3. The second kappa shape index (κ2) is 6.37. The molecular formula is C16H20FNOS. The van der Waals surface area contributed by atoms with Crippen molar-refractivity contribution in [3.05, 3.63) is 51.0 Å². The van der Waals surface area contributed by atoms with Crippen LogP contribution in [0.2, 0.25) is 0 Å². The van der Waals surface area contributed by atoms with Crippen LogP contribution in [0.15, 0.2) is 24.3 Å². The van der Waals surface area contributed by atoms with Crippen molar-refractivity contribution >= 4 is 11.3 Å². The van der Waals surface area contributed by atoms with Crippen LogP contribution in [0.1, 0.15) is 33.8 Å². The van der Waals surface area contributed by atoms with Crippen molar-refractivity contribution in [2.24, 2.45) is 0 Å². The van der Waals surface area contributed by atoms with Crippen LogP contribution in [0.4, 0.5) is 4.39 Å². The Kier molecular flexibility index (Phi) is 4.78. The van der Waals surface area contributed by atoms with Gasteiger partial charge in [0, 0.05) is 22.3 Å². The van der Waals surface area contributed by atoms with E-state index in [2.05, 4.69) is 32.2 Å². The van der Waals surface area contributed by atoms with Gasteiger partial charge in [-0.15, -0.1) is 11.3 Å². The molecule has 1 N–H and O–H groups in total. The highest BCUT2D eigenvalue weighted by molar-refractivity contribution is 7.12. The van der Waals surface area contributed by atoms with Gasteiger partial charge in [-0.2, -0.15) is 0 Å². The summed E-state index contributed by atoms with van der Waals surface area (Å²) in [4.78, 5) is 2.68. The van der Waals surface area contributed by atoms with Gasteiger partial charge in [0.05, 0.1) is 7.11 Å². The molecule has 0 amide bonds. The third-order valence-electron chi connectivity index (χ3n) is 3.47. The summed E-state index contributed by atoms with van der Waals surface area (Å²) in [6.45, 7) is 7.15. The van der Waals surface area contributed by atoms with E-state index >= 15 is 0 Å². The Hall–Kier alpha value is -1.39. The molecule has 0 aliphatic rings. The quantitative estimate of drug-likeness (QED) is 0.884. The summed E-state index contributed by atoms with van der Waals surface area (Å²) < 4.78 is 18.4. The molecule has 2 nitrogen and oxygen atoms in total. The van der Waals surface area contributed by atoms with Gasteiger partial charge in [-0.3, -0.25) is 0 Å². The van der Waals surface area contributed by atoms with Crippen molar-refractivity contribution in [3.63, 3.8) is 0 Å². The summed E-state index contributed by atoms with van der Waals surface area (Å²) >= 11 is 1.81. The topological polar surface area (TPSA) is 21.3 Å². The molecule has 1 heterocycles. The van der Waals surface area contributed by atoms with Gasteiger partial charge in [-0.25, -0.2) is 4.39 Å². The van der Waals surface area contributed by atoms with Crippen LogP contribution in [0, 0.1) is 19.7 Å². The predicted octanol–water partition coefficient (Wildman–Crippen LogP) is 4.36. The van der Waals surface area contributed by atoms with Gasteiger partial charge in [0.15, 0.2) is 11.6 Å². The fraction of sp³-hybridized carbons (Fsp3) is 0.375. The Morgan fingerprint density at radius 1 is 1.30 bits per heavy atom. The van der Waals surface area contributed by atoms with Crippen molar-refractivity contribution in [2.45, 2.75) is 33.4 Å². The van der Waals surface area contributed by atoms with Crippen molar-refractivity contribution in [3.8, 4) is 5.75 Å². The Morgan fingerprint density at radius 2 is 2.05 bits per heavy atom. The molecule has 0 radical (unpaired) electrons.